The molecule has 0 saturated carbocycles. The van der Waals surface area contributed by atoms with Crippen LogP contribution < -0.4 is 0 Å². The second kappa shape index (κ2) is 7.85. The lowest BCUT2D eigenvalue weighted by Crippen LogP contribution is -2.31. The molecule has 5 nitrogen and oxygen atoms in total. The van der Waals surface area contributed by atoms with E-state index in [9.17, 15) is 0 Å². The molecule has 1 fully saturated rings. The second-order valence-electron chi connectivity index (χ2n) is 7.77. The van der Waals surface area contributed by atoms with E-state index in [1.54, 1.807) is 0 Å². The molecule has 1 saturated heterocycles. The van der Waals surface area contributed by atoms with Gasteiger partial charge in [0.05, 0.1) is 13.2 Å². The topological polar surface area (TPSA) is 43.4 Å². The van der Waals surface area contributed by atoms with Crippen LogP contribution in [0, 0.1) is 0 Å². The first-order valence-corrected chi connectivity index (χ1v) is 10.1. The SMILES string of the molecule is CN(Cc1cn(Cc2ccccc2)nc1-c1cc2ccccc2o1)[C@H]1CCOC1. The molecule has 0 bridgehead atoms. The molecule has 0 spiro atoms. The summed E-state index contributed by atoms with van der Waals surface area (Å²) in [5.74, 6) is 0.823. The van der Waals surface area contributed by atoms with Crippen molar-refractivity contribution in [3.8, 4) is 11.5 Å². The fourth-order valence-electron chi connectivity index (χ4n) is 4.00. The molecular weight excluding hydrogens is 362 g/mol. The van der Waals surface area contributed by atoms with E-state index in [0.29, 0.717) is 6.04 Å². The number of furan rings is 1. The van der Waals surface area contributed by atoms with Gasteiger partial charge in [-0.3, -0.25) is 9.58 Å². The Balaban J connectivity index is 1.49. The van der Waals surface area contributed by atoms with Crippen LogP contribution in [0.25, 0.3) is 22.4 Å². The van der Waals surface area contributed by atoms with Gasteiger partial charge in [-0.05, 0) is 31.2 Å². The predicted octanol–water partition coefficient (Wildman–Crippen LogP) is 4.57. The number of ether oxygens (including phenoxy) is 1. The second-order valence-corrected chi connectivity index (χ2v) is 7.77. The lowest BCUT2D eigenvalue weighted by Gasteiger charge is -2.22. The van der Waals surface area contributed by atoms with Crippen LogP contribution in [0.1, 0.15) is 17.5 Å². The number of fused-ring (bicyclic) bond motifs is 1. The van der Waals surface area contributed by atoms with E-state index in [-0.39, 0.29) is 0 Å². The highest BCUT2D eigenvalue weighted by molar-refractivity contribution is 5.82. The third-order valence-corrected chi connectivity index (χ3v) is 5.63. The average molecular weight is 387 g/mol. The summed E-state index contributed by atoms with van der Waals surface area (Å²) in [6, 6.07) is 21.1. The van der Waals surface area contributed by atoms with E-state index < -0.39 is 0 Å². The van der Waals surface area contributed by atoms with Crippen LogP contribution in [0.2, 0.25) is 0 Å². The van der Waals surface area contributed by atoms with Gasteiger partial charge in [0.25, 0.3) is 0 Å². The van der Waals surface area contributed by atoms with E-state index in [1.807, 2.05) is 28.9 Å². The summed E-state index contributed by atoms with van der Waals surface area (Å²) in [4.78, 5) is 2.36. The van der Waals surface area contributed by atoms with E-state index in [4.69, 9.17) is 14.3 Å². The standard InChI is InChI=1S/C24H25N3O2/c1-26(21-11-12-28-17-21)15-20-16-27(14-18-7-3-2-4-8-18)25-24(20)23-13-19-9-5-6-10-22(19)29-23/h2-10,13,16,21H,11-12,14-15,17H2,1H3/t21-/m0/s1. The monoisotopic (exact) mass is 387 g/mol. The summed E-state index contributed by atoms with van der Waals surface area (Å²) in [7, 11) is 2.16. The van der Waals surface area contributed by atoms with Crippen LogP contribution in [0.4, 0.5) is 0 Å². The third kappa shape index (κ3) is 3.84. The Bertz CT molecular complexity index is 1060. The molecule has 4 aromatic rings. The van der Waals surface area contributed by atoms with E-state index in [1.165, 1.54) is 11.1 Å². The van der Waals surface area contributed by atoms with Crippen molar-refractivity contribution in [1.29, 1.82) is 0 Å². The van der Waals surface area contributed by atoms with Gasteiger partial charge in [-0.1, -0.05) is 48.5 Å². The number of para-hydroxylation sites is 1. The van der Waals surface area contributed by atoms with Crippen molar-refractivity contribution in [3.05, 3.63) is 78.0 Å². The highest BCUT2D eigenvalue weighted by Crippen LogP contribution is 2.30. The molecule has 2 aromatic carbocycles. The van der Waals surface area contributed by atoms with E-state index in [0.717, 1.165) is 55.1 Å². The van der Waals surface area contributed by atoms with Crippen LogP contribution in [-0.4, -0.2) is 41.0 Å². The predicted molar refractivity (Wildman–Crippen MR) is 114 cm³/mol. The molecule has 1 atom stereocenters. The van der Waals surface area contributed by atoms with Crippen molar-refractivity contribution < 1.29 is 9.15 Å². The number of aromatic nitrogens is 2. The Kier molecular flexibility index (Phi) is 4.92. The first kappa shape index (κ1) is 18.2. The minimum Gasteiger partial charge on any atom is -0.454 e. The Morgan fingerprint density at radius 3 is 2.72 bits per heavy atom. The van der Waals surface area contributed by atoms with Crippen molar-refractivity contribution in [2.45, 2.75) is 25.6 Å². The molecule has 1 aliphatic heterocycles. The summed E-state index contributed by atoms with van der Waals surface area (Å²) in [6.45, 7) is 3.20. The van der Waals surface area contributed by atoms with Gasteiger partial charge in [0.15, 0.2) is 5.76 Å². The van der Waals surface area contributed by atoms with Gasteiger partial charge in [-0.25, -0.2) is 0 Å². The first-order chi connectivity index (χ1) is 14.3. The minimum atomic E-state index is 0.455. The van der Waals surface area contributed by atoms with Crippen molar-refractivity contribution in [1.82, 2.24) is 14.7 Å². The zero-order valence-corrected chi connectivity index (χ0v) is 16.6. The van der Waals surface area contributed by atoms with Crippen molar-refractivity contribution in [2.24, 2.45) is 0 Å². The Hall–Kier alpha value is -2.89. The molecule has 0 radical (unpaired) electrons. The largest absolute Gasteiger partial charge is 0.454 e. The van der Waals surface area contributed by atoms with Gasteiger partial charge in [0, 0.05) is 36.3 Å². The number of benzene rings is 2. The fraction of sp³-hybridized carbons (Fsp3) is 0.292. The summed E-state index contributed by atoms with van der Waals surface area (Å²) in [6.07, 6.45) is 3.23. The number of rotatable bonds is 6. The number of nitrogens with zero attached hydrogens (tertiary/aromatic N) is 3. The molecule has 3 heterocycles. The number of hydrogen-bond acceptors (Lipinski definition) is 4. The molecule has 0 N–H and O–H groups in total. The molecule has 1 aliphatic rings. The molecule has 2 aromatic heterocycles. The number of likely N-dealkylation sites (N-methyl/N-ethyl adjacent to an activating group) is 1. The van der Waals surface area contributed by atoms with Crippen LogP contribution in [-0.2, 0) is 17.8 Å². The van der Waals surface area contributed by atoms with Gasteiger partial charge < -0.3 is 9.15 Å². The van der Waals surface area contributed by atoms with Crippen LogP contribution >= 0.6 is 0 Å². The molecule has 0 aliphatic carbocycles. The van der Waals surface area contributed by atoms with E-state index in [2.05, 4.69) is 54.5 Å². The van der Waals surface area contributed by atoms with Crippen molar-refractivity contribution >= 4 is 11.0 Å². The molecule has 29 heavy (non-hydrogen) atoms. The maximum atomic E-state index is 6.15. The average Bonchev–Trinajstić information content (AvgIpc) is 3.48. The summed E-state index contributed by atoms with van der Waals surface area (Å²) < 4.78 is 13.7. The number of hydrogen-bond donors (Lipinski definition) is 0. The van der Waals surface area contributed by atoms with Crippen LogP contribution in [0.15, 0.2) is 71.3 Å². The summed E-state index contributed by atoms with van der Waals surface area (Å²) >= 11 is 0. The maximum Gasteiger partial charge on any atom is 0.156 e. The molecular formula is C24H25N3O2. The van der Waals surface area contributed by atoms with Crippen molar-refractivity contribution in [2.75, 3.05) is 20.3 Å². The zero-order valence-electron chi connectivity index (χ0n) is 16.6. The van der Waals surface area contributed by atoms with Gasteiger partial charge in [0.1, 0.15) is 11.3 Å². The normalized spacial score (nSPS) is 16.8. The molecule has 148 valence electrons. The third-order valence-electron chi connectivity index (χ3n) is 5.63. The van der Waals surface area contributed by atoms with Gasteiger partial charge in [0.2, 0.25) is 0 Å². The molecule has 0 unspecified atom stereocenters. The Morgan fingerprint density at radius 1 is 1.10 bits per heavy atom. The lowest BCUT2D eigenvalue weighted by atomic mass is 10.1. The maximum absolute atomic E-state index is 6.15. The highest BCUT2D eigenvalue weighted by atomic mass is 16.5. The first-order valence-electron chi connectivity index (χ1n) is 10.1. The minimum absolute atomic E-state index is 0.455. The molecule has 5 rings (SSSR count). The summed E-state index contributed by atoms with van der Waals surface area (Å²) in [5.41, 5.74) is 4.22. The summed E-state index contributed by atoms with van der Waals surface area (Å²) in [5, 5.41) is 6.02. The Labute approximate surface area is 170 Å². The van der Waals surface area contributed by atoms with Gasteiger partial charge in [-0.15, -0.1) is 0 Å². The highest BCUT2D eigenvalue weighted by Gasteiger charge is 2.23. The quantitative estimate of drug-likeness (QED) is 0.486. The fourth-order valence-corrected chi connectivity index (χ4v) is 4.00. The lowest BCUT2D eigenvalue weighted by molar-refractivity contribution is 0.156. The van der Waals surface area contributed by atoms with Gasteiger partial charge in [-0.2, -0.15) is 5.10 Å². The van der Waals surface area contributed by atoms with E-state index >= 15 is 0 Å². The van der Waals surface area contributed by atoms with Crippen molar-refractivity contribution in [3.63, 3.8) is 0 Å². The molecule has 5 heteroatoms. The van der Waals surface area contributed by atoms with Crippen LogP contribution in [0.3, 0.4) is 0 Å². The Morgan fingerprint density at radius 2 is 1.93 bits per heavy atom. The van der Waals surface area contributed by atoms with Crippen LogP contribution in [0.5, 0.6) is 0 Å². The zero-order chi connectivity index (χ0) is 19.6. The molecule has 0 amide bonds. The smallest absolute Gasteiger partial charge is 0.156 e. The van der Waals surface area contributed by atoms with Gasteiger partial charge >= 0.3 is 0 Å².